The molecule has 0 spiro atoms. The van der Waals surface area contributed by atoms with Crippen molar-refractivity contribution in [2.75, 3.05) is 5.32 Å². The Morgan fingerprint density at radius 2 is 1.88 bits per heavy atom. The van der Waals surface area contributed by atoms with Gasteiger partial charge in [-0.3, -0.25) is 4.57 Å². The van der Waals surface area contributed by atoms with Gasteiger partial charge in [0, 0.05) is 12.4 Å². The lowest BCUT2D eigenvalue weighted by molar-refractivity contribution is 0.253. The molecule has 0 bridgehead atoms. The van der Waals surface area contributed by atoms with Gasteiger partial charge in [-0.25, -0.2) is 9.78 Å². The minimum absolute atomic E-state index is 0.313. The molecule has 0 atom stereocenters. The average molecular weight is 291 g/mol. The van der Waals surface area contributed by atoms with Crippen molar-refractivity contribution in [1.29, 1.82) is 0 Å². The van der Waals surface area contributed by atoms with E-state index in [1.54, 1.807) is 0 Å². The van der Waals surface area contributed by atoms with E-state index in [1.165, 1.54) is 35.4 Å². The van der Waals surface area contributed by atoms with Gasteiger partial charge in [0.15, 0.2) is 0 Å². The molecule has 2 aromatic rings. The summed E-state index contributed by atoms with van der Waals surface area (Å²) in [5, 5.41) is 3.55. The number of nitrogens with zero attached hydrogens (tertiary/aromatic N) is 2. The highest BCUT2D eigenvalue weighted by molar-refractivity contribution is 6.44. The van der Waals surface area contributed by atoms with Gasteiger partial charge in [-0.2, -0.15) is 0 Å². The maximum Gasteiger partial charge on any atom is 0.331 e. The van der Waals surface area contributed by atoms with Crippen LogP contribution >= 0.6 is 34.8 Å². The maximum atomic E-state index is 11.7. The predicted octanol–water partition coefficient (Wildman–Crippen LogP) is 3.92. The van der Waals surface area contributed by atoms with Crippen molar-refractivity contribution in [2.45, 2.75) is 0 Å². The van der Waals surface area contributed by atoms with E-state index < -0.39 is 0 Å². The Hall–Kier alpha value is -1.23. The van der Waals surface area contributed by atoms with Crippen LogP contribution in [0, 0.1) is 0 Å². The Morgan fingerprint density at radius 3 is 2.53 bits per heavy atom. The van der Waals surface area contributed by atoms with Crippen molar-refractivity contribution < 1.29 is 4.79 Å². The van der Waals surface area contributed by atoms with Crippen molar-refractivity contribution in [3.8, 4) is 0 Å². The second-order valence-corrected chi connectivity index (χ2v) is 4.37. The van der Waals surface area contributed by atoms with Crippen LogP contribution in [-0.4, -0.2) is 15.6 Å². The van der Waals surface area contributed by atoms with Crippen LogP contribution < -0.4 is 5.32 Å². The third-order valence-electron chi connectivity index (χ3n) is 1.99. The van der Waals surface area contributed by atoms with Crippen LogP contribution in [0.4, 0.5) is 10.5 Å². The molecule has 7 heteroatoms. The Morgan fingerprint density at radius 1 is 1.18 bits per heavy atom. The number of hydrogen-bond acceptors (Lipinski definition) is 2. The molecule has 1 aromatic carbocycles. The molecule has 2 rings (SSSR count). The Balaban J connectivity index is 2.25. The molecule has 1 aromatic heterocycles. The third-order valence-corrected chi connectivity index (χ3v) is 3.03. The van der Waals surface area contributed by atoms with E-state index >= 15 is 0 Å². The zero-order chi connectivity index (χ0) is 12.4. The molecule has 88 valence electrons. The number of anilines is 1. The van der Waals surface area contributed by atoms with E-state index in [4.69, 9.17) is 34.8 Å². The first-order valence-corrected chi connectivity index (χ1v) is 5.65. The highest BCUT2D eigenvalue weighted by atomic mass is 35.5. The molecule has 0 radical (unpaired) electrons. The van der Waals surface area contributed by atoms with Gasteiger partial charge in [0.2, 0.25) is 0 Å². The largest absolute Gasteiger partial charge is 0.331 e. The van der Waals surface area contributed by atoms with E-state index in [0.717, 1.165) is 0 Å². The standard InChI is InChI=1S/C10H6Cl3N3O/c11-6-3-8(13)9(4-7(6)12)15-10(17)16-2-1-14-5-16/h1-5H,(H,15,17). The summed E-state index contributed by atoms with van der Waals surface area (Å²) in [4.78, 5) is 15.5. The first-order valence-electron chi connectivity index (χ1n) is 4.52. The molecule has 0 unspecified atom stereocenters. The molecule has 1 N–H and O–H groups in total. The predicted molar refractivity (Wildman–Crippen MR) is 68.1 cm³/mol. The number of benzene rings is 1. The summed E-state index contributed by atoms with van der Waals surface area (Å²) in [7, 11) is 0. The van der Waals surface area contributed by atoms with E-state index in [0.29, 0.717) is 20.8 Å². The molecule has 0 fully saturated rings. The smallest absolute Gasteiger partial charge is 0.306 e. The second-order valence-electron chi connectivity index (χ2n) is 3.15. The van der Waals surface area contributed by atoms with Gasteiger partial charge in [-0.1, -0.05) is 34.8 Å². The van der Waals surface area contributed by atoms with Crippen LogP contribution in [0.25, 0.3) is 0 Å². The van der Waals surface area contributed by atoms with E-state index in [9.17, 15) is 4.79 Å². The van der Waals surface area contributed by atoms with Crippen molar-refractivity contribution in [3.63, 3.8) is 0 Å². The third kappa shape index (κ3) is 2.72. The summed E-state index contributed by atoms with van der Waals surface area (Å²) in [5.41, 5.74) is 0.389. The number of aromatic nitrogens is 2. The molecular weight excluding hydrogens is 284 g/mol. The van der Waals surface area contributed by atoms with Crippen LogP contribution in [0.2, 0.25) is 15.1 Å². The lowest BCUT2D eigenvalue weighted by Crippen LogP contribution is -2.17. The van der Waals surface area contributed by atoms with Gasteiger partial charge in [0.1, 0.15) is 6.33 Å². The van der Waals surface area contributed by atoms with Crippen LogP contribution in [0.5, 0.6) is 0 Å². The first kappa shape index (κ1) is 12.2. The fraction of sp³-hybridized carbons (Fsp3) is 0. The molecule has 0 saturated heterocycles. The van der Waals surface area contributed by atoms with E-state index in [-0.39, 0.29) is 6.03 Å². The van der Waals surface area contributed by atoms with Gasteiger partial charge < -0.3 is 5.32 Å². The second kappa shape index (κ2) is 4.96. The normalized spacial score (nSPS) is 10.3. The minimum Gasteiger partial charge on any atom is -0.306 e. The van der Waals surface area contributed by atoms with Crippen LogP contribution in [-0.2, 0) is 0 Å². The monoisotopic (exact) mass is 289 g/mol. The van der Waals surface area contributed by atoms with Crippen LogP contribution in [0.3, 0.4) is 0 Å². The van der Waals surface area contributed by atoms with Crippen molar-refractivity contribution in [2.24, 2.45) is 0 Å². The Labute approximate surface area is 112 Å². The SMILES string of the molecule is O=C(Nc1cc(Cl)c(Cl)cc1Cl)n1ccnc1. The van der Waals surface area contributed by atoms with Crippen molar-refractivity contribution in [3.05, 3.63) is 45.9 Å². The van der Waals surface area contributed by atoms with Gasteiger partial charge in [-0.15, -0.1) is 0 Å². The highest BCUT2D eigenvalue weighted by Crippen LogP contribution is 2.32. The fourth-order valence-electron chi connectivity index (χ4n) is 1.18. The molecule has 1 heterocycles. The Bertz CT molecular complexity index is 554. The molecule has 0 aliphatic carbocycles. The summed E-state index contributed by atoms with van der Waals surface area (Å²) in [6, 6.07) is 2.57. The van der Waals surface area contributed by atoms with Gasteiger partial charge in [0.25, 0.3) is 0 Å². The van der Waals surface area contributed by atoms with Gasteiger partial charge in [-0.05, 0) is 12.1 Å². The quantitative estimate of drug-likeness (QED) is 0.809. The lowest BCUT2D eigenvalue weighted by atomic mass is 10.3. The van der Waals surface area contributed by atoms with Crippen molar-refractivity contribution in [1.82, 2.24) is 9.55 Å². The minimum atomic E-state index is -0.386. The summed E-state index contributed by atoms with van der Waals surface area (Å²) < 4.78 is 1.28. The number of carbonyl (C=O) groups excluding carboxylic acids is 1. The molecule has 0 aliphatic heterocycles. The summed E-state index contributed by atoms with van der Waals surface area (Å²) in [6.45, 7) is 0. The molecule has 4 nitrogen and oxygen atoms in total. The summed E-state index contributed by atoms with van der Waals surface area (Å²) in [6.07, 6.45) is 4.39. The number of carbonyl (C=O) groups is 1. The summed E-state index contributed by atoms with van der Waals surface area (Å²) >= 11 is 17.5. The fourth-order valence-corrected chi connectivity index (χ4v) is 1.77. The molecule has 1 amide bonds. The lowest BCUT2D eigenvalue weighted by Gasteiger charge is -2.08. The van der Waals surface area contributed by atoms with Crippen LogP contribution in [0.15, 0.2) is 30.9 Å². The molecule has 0 aliphatic rings. The van der Waals surface area contributed by atoms with Gasteiger partial charge >= 0.3 is 6.03 Å². The number of hydrogen-bond donors (Lipinski definition) is 1. The highest BCUT2D eigenvalue weighted by Gasteiger charge is 2.10. The number of nitrogens with one attached hydrogen (secondary N) is 1. The maximum absolute atomic E-state index is 11.7. The number of imidazole rings is 1. The number of halogens is 3. The molecular formula is C10H6Cl3N3O. The van der Waals surface area contributed by atoms with Gasteiger partial charge in [0.05, 0.1) is 20.8 Å². The molecule has 17 heavy (non-hydrogen) atoms. The van der Waals surface area contributed by atoms with E-state index in [2.05, 4.69) is 10.3 Å². The van der Waals surface area contributed by atoms with E-state index in [1.807, 2.05) is 0 Å². The average Bonchev–Trinajstić information content (AvgIpc) is 2.79. The van der Waals surface area contributed by atoms with Crippen molar-refractivity contribution >= 4 is 46.5 Å². The molecule has 0 saturated carbocycles. The number of rotatable bonds is 1. The summed E-state index contributed by atoms with van der Waals surface area (Å²) in [5.74, 6) is 0. The van der Waals surface area contributed by atoms with Crippen LogP contribution in [0.1, 0.15) is 0 Å². The number of amides is 1. The topological polar surface area (TPSA) is 46.9 Å². The zero-order valence-electron chi connectivity index (χ0n) is 8.32. The zero-order valence-corrected chi connectivity index (χ0v) is 10.6. The Kier molecular flexibility index (Phi) is 3.57. The first-order chi connectivity index (χ1) is 8.08.